The molecule has 0 spiro atoms. The third-order valence-electron chi connectivity index (χ3n) is 2.88. The standard InChI is InChI=1S/C14H13N5/c1-2-19-9-12(13-5-7-16-10-17-13)14(18-19)11-4-3-6-15-8-11/h3-10H,2H2,1H3. The molecule has 3 rings (SSSR count). The maximum absolute atomic E-state index is 4.59. The molecule has 0 saturated heterocycles. The van der Waals surface area contributed by atoms with E-state index in [2.05, 4.69) is 27.0 Å². The summed E-state index contributed by atoms with van der Waals surface area (Å²) in [5.74, 6) is 0. The summed E-state index contributed by atoms with van der Waals surface area (Å²) in [7, 11) is 0. The van der Waals surface area contributed by atoms with E-state index in [1.165, 1.54) is 0 Å². The van der Waals surface area contributed by atoms with Crippen molar-refractivity contribution >= 4 is 0 Å². The monoisotopic (exact) mass is 251 g/mol. The minimum absolute atomic E-state index is 0.818. The molecule has 94 valence electrons. The topological polar surface area (TPSA) is 56.5 Å². The summed E-state index contributed by atoms with van der Waals surface area (Å²) >= 11 is 0. The number of hydrogen-bond donors (Lipinski definition) is 0. The Hall–Kier alpha value is -2.56. The van der Waals surface area contributed by atoms with E-state index in [4.69, 9.17) is 0 Å². The van der Waals surface area contributed by atoms with Crippen LogP contribution in [0.5, 0.6) is 0 Å². The van der Waals surface area contributed by atoms with E-state index in [9.17, 15) is 0 Å². The van der Waals surface area contributed by atoms with Crippen molar-refractivity contribution in [1.29, 1.82) is 0 Å². The largest absolute Gasteiger partial charge is 0.272 e. The van der Waals surface area contributed by atoms with Gasteiger partial charge in [0.1, 0.15) is 12.0 Å². The summed E-state index contributed by atoms with van der Waals surface area (Å²) in [6.45, 7) is 2.88. The van der Waals surface area contributed by atoms with Crippen LogP contribution in [0.1, 0.15) is 6.92 Å². The van der Waals surface area contributed by atoms with Gasteiger partial charge in [0, 0.05) is 42.5 Å². The van der Waals surface area contributed by atoms with Crippen molar-refractivity contribution in [2.75, 3.05) is 0 Å². The Morgan fingerprint density at radius 1 is 1.16 bits per heavy atom. The Labute approximate surface area is 111 Å². The molecule has 3 aromatic heterocycles. The average molecular weight is 251 g/mol. The number of hydrogen-bond acceptors (Lipinski definition) is 4. The highest BCUT2D eigenvalue weighted by Gasteiger charge is 2.13. The Kier molecular flexibility index (Phi) is 3.02. The second kappa shape index (κ2) is 4.97. The van der Waals surface area contributed by atoms with Crippen molar-refractivity contribution in [3.8, 4) is 22.5 Å². The molecular weight excluding hydrogens is 238 g/mol. The fourth-order valence-electron chi connectivity index (χ4n) is 1.94. The molecule has 3 heterocycles. The summed E-state index contributed by atoms with van der Waals surface area (Å²) < 4.78 is 1.90. The Morgan fingerprint density at radius 2 is 2.11 bits per heavy atom. The van der Waals surface area contributed by atoms with Gasteiger partial charge in [-0.3, -0.25) is 9.67 Å². The number of aryl methyl sites for hydroxylation is 1. The summed E-state index contributed by atoms with van der Waals surface area (Å²) in [6, 6.07) is 5.79. The predicted octanol–water partition coefficient (Wildman–Crippen LogP) is 2.42. The molecule has 5 heteroatoms. The zero-order valence-electron chi connectivity index (χ0n) is 10.6. The van der Waals surface area contributed by atoms with Gasteiger partial charge in [0.2, 0.25) is 0 Å². The summed E-state index contributed by atoms with van der Waals surface area (Å²) in [6.07, 6.45) is 8.85. The predicted molar refractivity (Wildman–Crippen MR) is 72.2 cm³/mol. The molecule has 0 aliphatic rings. The third kappa shape index (κ3) is 2.22. The van der Waals surface area contributed by atoms with E-state index in [-0.39, 0.29) is 0 Å². The quantitative estimate of drug-likeness (QED) is 0.717. The molecule has 0 aromatic carbocycles. The van der Waals surface area contributed by atoms with Gasteiger partial charge in [-0.2, -0.15) is 5.10 Å². The van der Waals surface area contributed by atoms with Crippen molar-refractivity contribution in [3.63, 3.8) is 0 Å². The van der Waals surface area contributed by atoms with Gasteiger partial charge in [-0.05, 0) is 25.1 Å². The molecule has 19 heavy (non-hydrogen) atoms. The van der Waals surface area contributed by atoms with Gasteiger partial charge < -0.3 is 0 Å². The van der Waals surface area contributed by atoms with Gasteiger partial charge in [-0.1, -0.05) is 0 Å². The van der Waals surface area contributed by atoms with Crippen molar-refractivity contribution in [2.24, 2.45) is 0 Å². The van der Waals surface area contributed by atoms with E-state index >= 15 is 0 Å². The summed E-state index contributed by atoms with van der Waals surface area (Å²) in [4.78, 5) is 12.4. The van der Waals surface area contributed by atoms with Crippen molar-refractivity contribution in [1.82, 2.24) is 24.7 Å². The van der Waals surface area contributed by atoms with Gasteiger partial charge in [-0.25, -0.2) is 9.97 Å². The van der Waals surface area contributed by atoms with E-state index in [0.717, 1.165) is 29.1 Å². The van der Waals surface area contributed by atoms with E-state index in [0.29, 0.717) is 0 Å². The molecule has 0 aliphatic carbocycles. The number of aromatic nitrogens is 5. The minimum Gasteiger partial charge on any atom is -0.272 e. The fraction of sp³-hybridized carbons (Fsp3) is 0.143. The Bertz CT molecular complexity index is 604. The molecule has 0 atom stereocenters. The second-order valence-electron chi connectivity index (χ2n) is 4.08. The first kappa shape index (κ1) is 11.5. The highest BCUT2D eigenvalue weighted by Crippen LogP contribution is 2.28. The van der Waals surface area contributed by atoms with Crippen molar-refractivity contribution in [2.45, 2.75) is 13.5 Å². The molecule has 0 saturated carbocycles. The third-order valence-corrected chi connectivity index (χ3v) is 2.88. The zero-order chi connectivity index (χ0) is 13.1. The molecule has 3 aromatic rings. The van der Waals surface area contributed by atoms with Crippen molar-refractivity contribution < 1.29 is 0 Å². The molecule has 0 unspecified atom stereocenters. The second-order valence-corrected chi connectivity index (χ2v) is 4.08. The highest BCUT2D eigenvalue weighted by molar-refractivity contribution is 5.77. The van der Waals surface area contributed by atoms with E-state index in [1.54, 1.807) is 18.7 Å². The highest BCUT2D eigenvalue weighted by atomic mass is 15.3. The number of nitrogens with zero attached hydrogens (tertiary/aromatic N) is 5. The smallest absolute Gasteiger partial charge is 0.116 e. The first-order chi connectivity index (χ1) is 9.38. The van der Waals surface area contributed by atoms with Gasteiger partial charge in [0.25, 0.3) is 0 Å². The van der Waals surface area contributed by atoms with Crippen LogP contribution in [0.2, 0.25) is 0 Å². The van der Waals surface area contributed by atoms with Crippen LogP contribution in [-0.4, -0.2) is 24.7 Å². The average Bonchev–Trinajstić information content (AvgIpc) is 2.93. The number of rotatable bonds is 3. The van der Waals surface area contributed by atoms with Crippen LogP contribution in [-0.2, 0) is 6.54 Å². The number of pyridine rings is 1. The van der Waals surface area contributed by atoms with Crippen LogP contribution < -0.4 is 0 Å². The van der Waals surface area contributed by atoms with Gasteiger partial charge in [-0.15, -0.1) is 0 Å². The van der Waals surface area contributed by atoms with Gasteiger partial charge in [0.15, 0.2) is 0 Å². The molecule has 0 radical (unpaired) electrons. The molecular formula is C14H13N5. The maximum atomic E-state index is 4.59. The maximum Gasteiger partial charge on any atom is 0.116 e. The van der Waals surface area contributed by atoms with Crippen molar-refractivity contribution in [3.05, 3.63) is 49.3 Å². The van der Waals surface area contributed by atoms with Gasteiger partial charge >= 0.3 is 0 Å². The van der Waals surface area contributed by atoms with Crippen LogP contribution in [0, 0.1) is 0 Å². The van der Waals surface area contributed by atoms with E-state index in [1.807, 2.05) is 35.3 Å². The van der Waals surface area contributed by atoms with Crippen LogP contribution in [0.4, 0.5) is 0 Å². The molecule has 0 bridgehead atoms. The zero-order valence-corrected chi connectivity index (χ0v) is 10.6. The van der Waals surface area contributed by atoms with Crippen LogP contribution in [0.25, 0.3) is 22.5 Å². The SMILES string of the molecule is CCn1cc(-c2ccncn2)c(-c2cccnc2)n1. The molecule has 0 N–H and O–H groups in total. The Morgan fingerprint density at radius 3 is 2.79 bits per heavy atom. The van der Waals surface area contributed by atoms with Crippen LogP contribution in [0.3, 0.4) is 0 Å². The normalized spacial score (nSPS) is 10.6. The fourth-order valence-corrected chi connectivity index (χ4v) is 1.94. The molecule has 0 fully saturated rings. The lowest BCUT2D eigenvalue weighted by Crippen LogP contribution is -1.93. The van der Waals surface area contributed by atoms with Crippen LogP contribution >= 0.6 is 0 Å². The lowest BCUT2D eigenvalue weighted by atomic mass is 10.1. The minimum atomic E-state index is 0.818. The molecule has 0 aliphatic heterocycles. The van der Waals surface area contributed by atoms with Crippen LogP contribution in [0.15, 0.2) is 49.3 Å². The lowest BCUT2D eigenvalue weighted by molar-refractivity contribution is 0.662. The van der Waals surface area contributed by atoms with Gasteiger partial charge in [0.05, 0.1) is 5.69 Å². The molecule has 0 amide bonds. The summed E-state index contributed by atoms with van der Waals surface area (Å²) in [5, 5.41) is 4.59. The lowest BCUT2D eigenvalue weighted by Gasteiger charge is -2.00. The summed E-state index contributed by atoms with van der Waals surface area (Å²) in [5.41, 5.74) is 3.75. The first-order valence-electron chi connectivity index (χ1n) is 6.12. The Balaban J connectivity index is 2.17. The first-order valence-corrected chi connectivity index (χ1v) is 6.12. The molecule has 5 nitrogen and oxygen atoms in total. The van der Waals surface area contributed by atoms with E-state index < -0.39 is 0 Å².